The van der Waals surface area contributed by atoms with Crippen molar-refractivity contribution < 1.29 is 0 Å². The molecular formula is C5H2Br11N. The van der Waals surface area contributed by atoms with E-state index in [1.807, 2.05) is 0 Å². The van der Waals surface area contributed by atoms with E-state index in [2.05, 4.69) is 175 Å². The lowest BCUT2D eigenvalue weighted by molar-refractivity contribution is 0.667. The van der Waals surface area contributed by atoms with Gasteiger partial charge in [0.05, 0.1) is 0 Å². The van der Waals surface area contributed by atoms with Crippen molar-refractivity contribution in [3.8, 4) is 0 Å². The van der Waals surface area contributed by atoms with Crippen molar-refractivity contribution in [2.24, 2.45) is 5.73 Å². The molecule has 0 radical (unpaired) electrons. The van der Waals surface area contributed by atoms with Crippen LogP contribution in [0, 0.1) is 0 Å². The van der Waals surface area contributed by atoms with Gasteiger partial charge in [-0.3, -0.25) is 0 Å². The molecule has 0 saturated heterocycles. The highest BCUT2D eigenvalue weighted by Gasteiger charge is 2.68. The van der Waals surface area contributed by atoms with Crippen molar-refractivity contribution in [3.63, 3.8) is 0 Å². The molecule has 0 rings (SSSR count). The quantitative estimate of drug-likeness (QED) is 0.228. The first kappa shape index (κ1) is 22.2. The molecule has 0 bridgehead atoms. The summed E-state index contributed by atoms with van der Waals surface area (Å²) in [4.78, 5) is 0. The number of halogens is 11. The lowest BCUT2D eigenvalue weighted by Crippen LogP contribution is -2.62. The summed E-state index contributed by atoms with van der Waals surface area (Å²) in [6, 6.07) is 0. The summed E-state index contributed by atoms with van der Waals surface area (Å²) >= 11 is 38.5. The summed E-state index contributed by atoms with van der Waals surface area (Å²) < 4.78 is -4.03. The van der Waals surface area contributed by atoms with Crippen molar-refractivity contribution in [2.45, 2.75) is 15.2 Å². The molecule has 0 atom stereocenters. The van der Waals surface area contributed by atoms with Crippen LogP contribution in [0.5, 0.6) is 0 Å². The Labute approximate surface area is 192 Å². The molecule has 17 heavy (non-hydrogen) atoms. The average Bonchev–Trinajstić information content (AvgIpc) is 1.98. The van der Waals surface area contributed by atoms with Gasteiger partial charge in [0.1, 0.15) is 9.70 Å². The Morgan fingerprint density at radius 1 is 0.471 bits per heavy atom. The van der Waals surface area contributed by atoms with Crippen molar-refractivity contribution in [2.75, 3.05) is 0 Å². The molecule has 0 aliphatic rings. The van der Waals surface area contributed by atoms with Crippen LogP contribution in [-0.2, 0) is 0 Å². The monoisotopic (exact) mass is 944 g/mol. The van der Waals surface area contributed by atoms with Gasteiger partial charge >= 0.3 is 0 Å². The van der Waals surface area contributed by atoms with Gasteiger partial charge in [0.2, 0.25) is 0 Å². The lowest BCUT2D eigenvalue weighted by Gasteiger charge is -2.50. The number of rotatable bonds is 3. The van der Waals surface area contributed by atoms with Gasteiger partial charge < -0.3 is 5.73 Å². The fraction of sp³-hybridized carbons (Fsp3) is 1.00. The van der Waals surface area contributed by atoms with Crippen LogP contribution in [0.2, 0.25) is 0 Å². The van der Waals surface area contributed by atoms with Crippen LogP contribution in [-0.4, -0.2) is 15.2 Å². The zero-order chi connectivity index (χ0) is 14.5. The lowest BCUT2D eigenvalue weighted by atomic mass is 10.2. The van der Waals surface area contributed by atoms with Crippen LogP contribution in [0.15, 0.2) is 0 Å². The van der Waals surface area contributed by atoms with Crippen LogP contribution in [0.3, 0.4) is 0 Å². The summed E-state index contributed by atoms with van der Waals surface area (Å²) in [5, 5.41) is 0. The standard InChI is InChI=1S/C5H2Br11N/c6-1(7,2(8,9)4(12,13)14)3(10,11)5(15,16)17/h17H2. The molecule has 0 spiro atoms. The second-order valence-corrected chi connectivity index (χ2v) is 23.5. The third-order valence-electron chi connectivity index (χ3n) is 1.56. The van der Waals surface area contributed by atoms with Crippen molar-refractivity contribution in [1.82, 2.24) is 0 Å². The maximum absolute atomic E-state index is 6.03. The van der Waals surface area contributed by atoms with E-state index >= 15 is 0 Å². The second-order valence-electron chi connectivity index (χ2n) is 2.84. The summed E-state index contributed by atoms with van der Waals surface area (Å²) in [6.45, 7) is 0. The van der Waals surface area contributed by atoms with Gasteiger partial charge in [0.15, 0.2) is 5.50 Å². The van der Waals surface area contributed by atoms with E-state index in [9.17, 15) is 0 Å². The van der Waals surface area contributed by atoms with Gasteiger partial charge in [-0.1, -0.05) is 175 Å². The molecule has 104 valence electrons. The third kappa shape index (κ3) is 4.62. The summed E-state index contributed by atoms with van der Waals surface area (Å²) in [5.41, 5.74) is 6.03. The highest BCUT2D eigenvalue weighted by atomic mass is 80.0. The van der Waals surface area contributed by atoms with Crippen molar-refractivity contribution in [3.05, 3.63) is 0 Å². The minimum absolute atomic E-state index is 0.676. The van der Waals surface area contributed by atoms with E-state index in [4.69, 9.17) is 5.73 Å². The molecule has 0 unspecified atom stereocenters. The Bertz CT molecular complexity index is 255. The highest BCUT2D eigenvalue weighted by molar-refractivity contribution is 9.42. The predicted octanol–water partition coefficient (Wildman–Crippen LogP) is 7.69. The zero-order valence-corrected chi connectivity index (χ0v) is 24.7. The number of alkyl halides is 11. The normalized spacial score (nSPS) is 16.2. The average molecular weight is 955 g/mol. The van der Waals surface area contributed by atoms with Gasteiger partial charge in [0.25, 0.3) is 0 Å². The van der Waals surface area contributed by atoms with Crippen LogP contribution < -0.4 is 5.73 Å². The van der Waals surface area contributed by atoms with Gasteiger partial charge in [0, 0.05) is 0 Å². The van der Waals surface area contributed by atoms with Gasteiger partial charge in [-0.05, 0) is 0 Å². The highest BCUT2D eigenvalue weighted by Crippen LogP contribution is 2.71. The number of hydrogen-bond acceptors (Lipinski definition) is 1. The Morgan fingerprint density at radius 3 is 0.941 bits per heavy atom. The maximum atomic E-state index is 6.03. The molecule has 0 aliphatic heterocycles. The first-order chi connectivity index (χ1) is 7.00. The topological polar surface area (TPSA) is 26.0 Å². The molecule has 1 nitrogen and oxygen atoms in total. The van der Waals surface area contributed by atoms with Crippen LogP contribution in [0.25, 0.3) is 0 Å². The van der Waals surface area contributed by atoms with Crippen molar-refractivity contribution in [1.29, 1.82) is 0 Å². The summed E-state index contributed by atoms with van der Waals surface area (Å²) in [6.07, 6.45) is 0. The van der Waals surface area contributed by atoms with E-state index in [1.165, 1.54) is 0 Å². The zero-order valence-electron chi connectivity index (χ0n) is 7.23. The smallest absolute Gasteiger partial charge is 0.162 e. The van der Waals surface area contributed by atoms with E-state index in [0.29, 0.717) is 0 Å². The summed E-state index contributed by atoms with van der Waals surface area (Å²) in [7, 11) is 0. The predicted molar refractivity (Wildman–Crippen MR) is 116 cm³/mol. The van der Waals surface area contributed by atoms with Gasteiger partial charge in [-0.2, -0.15) is 0 Å². The van der Waals surface area contributed by atoms with E-state index in [1.54, 1.807) is 0 Å². The van der Waals surface area contributed by atoms with E-state index in [-0.39, 0.29) is 0 Å². The van der Waals surface area contributed by atoms with Crippen molar-refractivity contribution >= 4 is 175 Å². The van der Waals surface area contributed by atoms with E-state index < -0.39 is 15.2 Å². The Balaban J connectivity index is 5.73. The SMILES string of the molecule is NC(Br)(Br)C(Br)(Br)C(Br)(Br)C(Br)(Br)C(Br)(Br)Br. The molecule has 0 saturated carbocycles. The molecule has 0 aromatic rings. The fourth-order valence-electron chi connectivity index (χ4n) is 0.584. The van der Waals surface area contributed by atoms with Crippen LogP contribution in [0.4, 0.5) is 0 Å². The fourth-order valence-corrected chi connectivity index (χ4v) is 8.21. The Hall–Kier alpha value is 5.24. The number of nitrogens with two attached hydrogens (primary N) is 1. The molecule has 0 aromatic carbocycles. The maximum Gasteiger partial charge on any atom is 0.162 e. The molecule has 12 heteroatoms. The third-order valence-corrected chi connectivity index (χ3v) is 21.3. The molecular weight excluding hydrogens is 953 g/mol. The molecule has 0 amide bonds. The molecule has 0 aromatic heterocycles. The Morgan fingerprint density at radius 2 is 0.765 bits per heavy atom. The largest absolute Gasteiger partial charge is 0.305 e. The minimum Gasteiger partial charge on any atom is -0.305 e. The van der Waals surface area contributed by atoms with Crippen LogP contribution >= 0.6 is 175 Å². The Kier molecular flexibility index (Phi) is 9.17. The van der Waals surface area contributed by atoms with Gasteiger partial charge in [-0.25, -0.2) is 0 Å². The number of hydrogen-bond donors (Lipinski definition) is 1. The minimum atomic E-state index is -0.953. The molecule has 0 heterocycles. The molecule has 2 N–H and O–H groups in total. The molecule has 0 aliphatic carbocycles. The summed E-state index contributed by atoms with van der Waals surface area (Å²) in [5.74, 6) is 0. The molecule has 0 fully saturated rings. The second kappa shape index (κ2) is 7.01. The van der Waals surface area contributed by atoms with E-state index in [0.717, 1.165) is 0 Å². The first-order valence-corrected chi connectivity index (χ1v) is 12.1. The van der Waals surface area contributed by atoms with Crippen LogP contribution in [0.1, 0.15) is 0 Å². The first-order valence-electron chi connectivity index (χ1n) is 3.37. The van der Waals surface area contributed by atoms with Gasteiger partial charge in [-0.15, -0.1) is 0 Å².